The van der Waals surface area contributed by atoms with Gasteiger partial charge >= 0.3 is 0 Å². The molecule has 0 atom stereocenters. The summed E-state index contributed by atoms with van der Waals surface area (Å²) in [6, 6.07) is 7.05. The first-order chi connectivity index (χ1) is 13.4. The smallest absolute Gasteiger partial charge is 0.238 e. The number of likely N-dealkylation sites (tertiary alicyclic amines) is 1. The second-order valence-corrected chi connectivity index (χ2v) is 7.28. The van der Waals surface area contributed by atoms with Crippen LogP contribution in [0.2, 0.25) is 5.02 Å². The van der Waals surface area contributed by atoms with Crippen LogP contribution in [-0.4, -0.2) is 77.6 Å². The predicted molar refractivity (Wildman–Crippen MR) is 104 cm³/mol. The Labute approximate surface area is 168 Å². The van der Waals surface area contributed by atoms with Crippen molar-refractivity contribution in [1.29, 1.82) is 0 Å². The number of imide groups is 1. The molecule has 0 bridgehead atoms. The van der Waals surface area contributed by atoms with Gasteiger partial charge in [0.05, 0.1) is 17.3 Å². The van der Waals surface area contributed by atoms with Gasteiger partial charge in [0.1, 0.15) is 0 Å². The second kappa shape index (κ2) is 9.16. The summed E-state index contributed by atoms with van der Waals surface area (Å²) in [5.41, 5.74) is 0.578. The number of amides is 4. The molecule has 4 amide bonds. The van der Waals surface area contributed by atoms with Crippen molar-refractivity contribution in [3.8, 4) is 0 Å². The quantitative estimate of drug-likeness (QED) is 0.711. The molecule has 2 saturated heterocycles. The van der Waals surface area contributed by atoms with Crippen LogP contribution < -0.4 is 5.32 Å². The molecule has 2 heterocycles. The van der Waals surface area contributed by atoms with Crippen LogP contribution in [0.4, 0.5) is 5.69 Å². The molecule has 2 aliphatic heterocycles. The Morgan fingerprint density at radius 3 is 2.29 bits per heavy atom. The maximum absolute atomic E-state index is 12.3. The number of hydrogen-bond donors (Lipinski definition) is 1. The summed E-state index contributed by atoms with van der Waals surface area (Å²) in [6.07, 6.45) is 0.619. The van der Waals surface area contributed by atoms with Crippen LogP contribution in [0.25, 0.3) is 0 Å². The molecule has 1 aromatic carbocycles. The summed E-state index contributed by atoms with van der Waals surface area (Å²) < 4.78 is 0. The van der Waals surface area contributed by atoms with Gasteiger partial charge in [-0.25, -0.2) is 0 Å². The van der Waals surface area contributed by atoms with Crippen molar-refractivity contribution in [2.24, 2.45) is 0 Å². The van der Waals surface area contributed by atoms with Crippen LogP contribution in [0.3, 0.4) is 0 Å². The molecule has 0 aliphatic carbocycles. The molecule has 1 N–H and O–H groups in total. The van der Waals surface area contributed by atoms with E-state index in [4.69, 9.17) is 11.6 Å². The highest BCUT2D eigenvalue weighted by molar-refractivity contribution is 6.33. The fraction of sp³-hybridized carbons (Fsp3) is 0.474. The van der Waals surface area contributed by atoms with E-state index < -0.39 is 0 Å². The lowest BCUT2D eigenvalue weighted by atomic mass is 10.2. The molecule has 0 saturated carbocycles. The number of nitrogens with one attached hydrogen (secondary N) is 1. The molecular formula is C19H23ClN4O4. The number of hydrogen-bond acceptors (Lipinski definition) is 5. The van der Waals surface area contributed by atoms with Crippen molar-refractivity contribution < 1.29 is 19.2 Å². The van der Waals surface area contributed by atoms with E-state index in [2.05, 4.69) is 5.32 Å². The zero-order chi connectivity index (χ0) is 20.1. The minimum atomic E-state index is -0.202. The lowest BCUT2D eigenvalue weighted by Gasteiger charge is -2.34. The molecule has 0 unspecified atom stereocenters. The normalized spacial score (nSPS) is 17.9. The number of para-hydroxylation sites is 1. The van der Waals surface area contributed by atoms with Gasteiger partial charge in [-0.15, -0.1) is 0 Å². The highest BCUT2D eigenvalue weighted by Crippen LogP contribution is 2.20. The van der Waals surface area contributed by atoms with E-state index in [1.54, 1.807) is 29.2 Å². The highest BCUT2D eigenvalue weighted by Gasteiger charge is 2.30. The average molecular weight is 407 g/mol. The van der Waals surface area contributed by atoms with E-state index in [9.17, 15) is 19.2 Å². The molecule has 3 rings (SSSR count). The Bertz CT molecular complexity index is 761. The van der Waals surface area contributed by atoms with Gasteiger partial charge in [0.15, 0.2) is 0 Å². The van der Waals surface area contributed by atoms with Crippen LogP contribution >= 0.6 is 11.6 Å². The van der Waals surface area contributed by atoms with Crippen molar-refractivity contribution in [3.05, 3.63) is 29.3 Å². The van der Waals surface area contributed by atoms with Gasteiger partial charge in [-0.05, 0) is 12.1 Å². The number of anilines is 1. The molecule has 9 heteroatoms. The Morgan fingerprint density at radius 2 is 1.64 bits per heavy atom. The average Bonchev–Trinajstić information content (AvgIpc) is 3.00. The SMILES string of the molecule is O=C(CN1CCN(C(=O)CCN2C(=O)CCC2=O)CC1)Nc1ccccc1Cl. The number of carbonyl (C=O) groups is 4. The Morgan fingerprint density at radius 1 is 1.00 bits per heavy atom. The number of rotatable bonds is 6. The standard InChI is InChI=1S/C19H23ClN4O4/c20-14-3-1-2-4-15(14)21-16(25)13-22-9-11-23(12-10-22)17(26)7-8-24-18(27)5-6-19(24)28/h1-4H,5-13H2,(H,21,25). The van der Waals surface area contributed by atoms with Gasteiger partial charge in [-0.1, -0.05) is 23.7 Å². The minimum Gasteiger partial charge on any atom is -0.340 e. The Kier molecular flexibility index (Phi) is 6.64. The number of halogens is 1. The van der Waals surface area contributed by atoms with Crippen molar-refractivity contribution >= 4 is 40.9 Å². The van der Waals surface area contributed by atoms with Gasteiger partial charge in [0.25, 0.3) is 0 Å². The van der Waals surface area contributed by atoms with Crippen LogP contribution in [0.15, 0.2) is 24.3 Å². The molecule has 8 nitrogen and oxygen atoms in total. The van der Waals surface area contributed by atoms with Crippen LogP contribution in [-0.2, 0) is 19.2 Å². The Balaban J connectivity index is 1.39. The van der Waals surface area contributed by atoms with E-state index in [1.165, 1.54) is 4.90 Å². The fourth-order valence-electron chi connectivity index (χ4n) is 3.35. The van der Waals surface area contributed by atoms with Gasteiger partial charge in [-0.2, -0.15) is 0 Å². The first-order valence-electron chi connectivity index (χ1n) is 9.32. The topological polar surface area (TPSA) is 90.0 Å². The molecule has 0 aromatic heterocycles. The van der Waals surface area contributed by atoms with Gasteiger partial charge in [0, 0.05) is 52.0 Å². The van der Waals surface area contributed by atoms with E-state index in [1.807, 2.05) is 4.90 Å². The molecule has 0 spiro atoms. The highest BCUT2D eigenvalue weighted by atomic mass is 35.5. The van der Waals surface area contributed by atoms with Crippen molar-refractivity contribution in [3.63, 3.8) is 0 Å². The van der Waals surface area contributed by atoms with Crippen LogP contribution in [0, 0.1) is 0 Å². The van der Waals surface area contributed by atoms with Crippen molar-refractivity contribution in [1.82, 2.24) is 14.7 Å². The maximum atomic E-state index is 12.3. The zero-order valence-corrected chi connectivity index (χ0v) is 16.3. The number of piperazine rings is 1. The maximum Gasteiger partial charge on any atom is 0.238 e. The van der Waals surface area contributed by atoms with E-state index in [-0.39, 0.29) is 56.0 Å². The Hall–Kier alpha value is -2.45. The van der Waals surface area contributed by atoms with Gasteiger partial charge < -0.3 is 10.2 Å². The summed E-state index contributed by atoms with van der Waals surface area (Å²) in [6.45, 7) is 2.58. The number of nitrogens with zero attached hydrogens (tertiary/aromatic N) is 3. The number of carbonyl (C=O) groups excluding carboxylic acids is 4. The predicted octanol–water partition coefficient (Wildman–Crippen LogP) is 0.962. The molecule has 0 radical (unpaired) electrons. The lowest BCUT2D eigenvalue weighted by Crippen LogP contribution is -2.51. The first-order valence-corrected chi connectivity index (χ1v) is 9.69. The van der Waals surface area contributed by atoms with Crippen molar-refractivity contribution in [2.45, 2.75) is 19.3 Å². The van der Waals surface area contributed by atoms with Crippen LogP contribution in [0.1, 0.15) is 19.3 Å². The molecular weight excluding hydrogens is 384 g/mol. The third-order valence-electron chi connectivity index (χ3n) is 4.94. The summed E-state index contributed by atoms with van der Waals surface area (Å²) in [5, 5.41) is 3.28. The fourth-order valence-corrected chi connectivity index (χ4v) is 3.53. The summed E-state index contributed by atoms with van der Waals surface area (Å²) in [4.78, 5) is 52.6. The first kappa shape index (κ1) is 20.3. The third-order valence-corrected chi connectivity index (χ3v) is 5.27. The summed E-state index contributed by atoms with van der Waals surface area (Å²) in [5.74, 6) is -0.633. The van der Waals surface area contributed by atoms with E-state index in [0.29, 0.717) is 36.9 Å². The zero-order valence-electron chi connectivity index (χ0n) is 15.5. The van der Waals surface area contributed by atoms with Gasteiger partial charge in [0.2, 0.25) is 23.6 Å². The molecule has 2 aliphatic rings. The second-order valence-electron chi connectivity index (χ2n) is 6.87. The van der Waals surface area contributed by atoms with Gasteiger partial charge in [-0.3, -0.25) is 29.0 Å². The lowest BCUT2D eigenvalue weighted by molar-refractivity contribution is -0.139. The molecule has 28 heavy (non-hydrogen) atoms. The largest absolute Gasteiger partial charge is 0.340 e. The minimum absolute atomic E-state index is 0.0762. The number of benzene rings is 1. The molecule has 1 aromatic rings. The molecule has 2 fully saturated rings. The third kappa shape index (κ3) is 5.08. The molecule has 150 valence electrons. The summed E-state index contributed by atoms with van der Waals surface area (Å²) in [7, 11) is 0. The van der Waals surface area contributed by atoms with Crippen LogP contribution in [0.5, 0.6) is 0 Å². The van der Waals surface area contributed by atoms with E-state index >= 15 is 0 Å². The summed E-state index contributed by atoms with van der Waals surface area (Å²) >= 11 is 6.04. The van der Waals surface area contributed by atoms with Crippen molar-refractivity contribution in [2.75, 3.05) is 44.6 Å². The van der Waals surface area contributed by atoms with E-state index in [0.717, 1.165) is 0 Å². The monoisotopic (exact) mass is 406 g/mol.